The SMILES string of the molecule is COCCOC.O=C(O)C(O)CO. The van der Waals surface area contributed by atoms with Gasteiger partial charge in [-0.2, -0.15) is 0 Å². The van der Waals surface area contributed by atoms with Gasteiger partial charge in [0.25, 0.3) is 0 Å². The molecule has 0 aliphatic heterocycles. The van der Waals surface area contributed by atoms with E-state index in [4.69, 9.17) is 15.3 Å². The number of aliphatic hydroxyl groups is 2. The highest BCUT2D eigenvalue weighted by atomic mass is 16.5. The average Bonchev–Trinajstić information content (AvgIpc) is 2.14. The third-order valence-electron chi connectivity index (χ3n) is 0.950. The second-order valence-corrected chi connectivity index (χ2v) is 2.02. The minimum absolute atomic E-state index is 0.691. The number of hydrogen-bond donors (Lipinski definition) is 3. The minimum Gasteiger partial charge on any atom is -0.479 e. The normalized spacial score (nSPS) is 11.4. The third kappa shape index (κ3) is 14.2. The maximum Gasteiger partial charge on any atom is 0.334 e. The van der Waals surface area contributed by atoms with Crippen LogP contribution in [0, 0.1) is 0 Å². The molecular formula is C7H16O6. The minimum atomic E-state index is -1.63. The van der Waals surface area contributed by atoms with Crippen molar-refractivity contribution < 1.29 is 29.6 Å². The van der Waals surface area contributed by atoms with Crippen molar-refractivity contribution in [3.63, 3.8) is 0 Å². The van der Waals surface area contributed by atoms with Crippen LogP contribution < -0.4 is 0 Å². The van der Waals surface area contributed by atoms with Crippen LogP contribution in [0.4, 0.5) is 0 Å². The molecule has 0 spiro atoms. The molecular weight excluding hydrogens is 180 g/mol. The van der Waals surface area contributed by atoms with E-state index in [1.807, 2.05) is 0 Å². The van der Waals surface area contributed by atoms with Crippen LogP contribution in [0.2, 0.25) is 0 Å². The van der Waals surface area contributed by atoms with Gasteiger partial charge in [0.05, 0.1) is 19.8 Å². The number of methoxy groups -OCH3 is 2. The molecule has 6 nitrogen and oxygen atoms in total. The summed E-state index contributed by atoms with van der Waals surface area (Å²) in [7, 11) is 3.30. The fourth-order valence-corrected chi connectivity index (χ4v) is 0.245. The van der Waals surface area contributed by atoms with Gasteiger partial charge in [-0.15, -0.1) is 0 Å². The van der Waals surface area contributed by atoms with Gasteiger partial charge in [-0.3, -0.25) is 0 Å². The fourth-order valence-electron chi connectivity index (χ4n) is 0.245. The topological polar surface area (TPSA) is 96.2 Å². The standard InChI is InChI=1S/C4H10O2.C3H6O4/c1-5-3-4-6-2;4-1-2(5)3(6)7/h3-4H2,1-2H3;2,4-5H,1H2,(H,6,7). The van der Waals surface area contributed by atoms with Gasteiger partial charge in [-0.25, -0.2) is 4.79 Å². The highest BCUT2D eigenvalue weighted by molar-refractivity contribution is 5.71. The molecule has 0 heterocycles. The van der Waals surface area contributed by atoms with Crippen LogP contribution in [0.1, 0.15) is 0 Å². The predicted octanol–water partition coefficient (Wildman–Crippen LogP) is -1.30. The van der Waals surface area contributed by atoms with Crippen molar-refractivity contribution in [2.45, 2.75) is 6.10 Å². The summed E-state index contributed by atoms with van der Waals surface area (Å²) >= 11 is 0. The van der Waals surface area contributed by atoms with Crippen molar-refractivity contribution >= 4 is 5.97 Å². The van der Waals surface area contributed by atoms with E-state index in [9.17, 15) is 4.79 Å². The van der Waals surface area contributed by atoms with Gasteiger partial charge in [0.2, 0.25) is 0 Å². The first kappa shape index (κ1) is 14.8. The molecule has 0 aliphatic rings. The summed E-state index contributed by atoms with van der Waals surface area (Å²) in [6.45, 7) is 0.655. The molecule has 13 heavy (non-hydrogen) atoms. The molecule has 0 saturated carbocycles. The van der Waals surface area contributed by atoms with Crippen LogP contribution in [0.5, 0.6) is 0 Å². The molecule has 80 valence electrons. The van der Waals surface area contributed by atoms with E-state index in [1.165, 1.54) is 0 Å². The van der Waals surface area contributed by atoms with Crippen molar-refractivity contribution in [3.8, 4) is 0 Å². The maximum atomic E-state index is 9.52. The molecule has 6 heteroatoms. The van der Waals surface area contributed by atoms with Crippen LogP contribution in [-0.2, 0) is 14.3 Å². The molecule has 0 fully saturated rings. The van der Waals surface area contributed by atoms with E-state index < -0.39 is 18.7 Å². The molecule has 1 unspecified atom stereocenters. The summed E-state index contributed by atoms with van der Waals surface area (Å²) in [4.78, 5) is 9.52. The molecule has 3 N–H and O–H groups in total. The van der Waals surface area contributed by atoms with Gasteiger partial charge >= 0.3 is 5.97 Å². The van der Waals surface area contributed by atoms with Crippen molar-refractivity contribution in [2.24, 2.45) is 0 Å². The summed E-state index contributed by atoms with van der Waals surface area (Å²) in [5.41, 5.74) is 0. The molecule has 0 aromatic rings. The first-order chi connectivity index (χ1) is 6.09. The van der Waals surface area contributed by atoms with Crippen LogP contribution in [0.15, 0.2) is 0 Å². The number of rotatable bonds is 5. The number of carbonyl (C=O) groups is 1. The Bertz CT molecular complexity index is 112. The van der Waals surface area contributed by atoms with E-state index in [-0.39, 0.29) is 0 Å². The molecule has 0 radical (unpaired) electrons. The van der Waals surface area contributed by atoms with Gasteiger partial charge in [-0.1, -0.05) is 0 Å². The zero-order valence-corrected chi connectivity index (χ0v) is 7.77. The monoisotopic (exact) mass is 196 g/mol. The van der Waals surface area contributed by atoms with Crippen LogP contribution >= 0.6 is 0 Å². The summed E-state index contributed by atoms with van der Waals surface area (Å²) in [5, 5.41) is 23.7. The number of ether oxygens (including phenoxy) is 2. The maximum absolute atomic E-state index is 9.52. The predicted molar refractivity (Wildman–Crippen MR) is 44.5 cm³/mol. The third-order valence-corrected chi connectivity index (χ3v) is 0.950. The van der Waals surface area contributed by atoms with Crippen LogP contribution in [0.25, 0.3) is 0 Å². The van der Waals surface area contributed by atoms with E-state index >= 15 is 0 Å². The van der Waals surface area contributed by atoms with Gasteiger partial charge in [-0.05, 0) is 0 Å². The van der Waals surface area contributed by atoms with E-state index in [2.05, 4.69) is 9.47 Å². The lowest BCUT2D eigenvalue weighted by Gasteiger charge is -1.95. The Morgan fingerprint density at radius 2 is 1.69 bits per heavy atom. The molecule has 0 aromatic carbocycles. The fraction of sp³-hybridized carbons (Fsp3) is 0.857. The zero-order valence-electron chi connectivity index (χ0n) is 7.77. The summed E-state index contributed by atoms with van der Waals surface area (Å²) in [5.74, 6) is -1.40. The smallest absolute Gasteiger partial charge is 0.334 e. The average molecular weight is 196 g/mol. The van der Waals surface area contributed by atoms with Gasteiger partial charge in [0, 0.05) is 14.2 Å². The molecule has 0 bridgehead atoms. The highest BCUT2D eigenvalue weighted by Crippen LogP contribution is 1.75. The van der Waals surface area contributed by atoms with Gasteiger partial charge < -0.3 is 24.8 Å². The molecule has 0 aliphatic carbocycles. The van der Waals surface area contributed by atoms with Gasteiger partial charge in [0.15, 0.2) is 6.10 Å². The second-order valence-electron chi connectivity index (χ2n) is 2.02. The second kappa shape index (κ2) is 11.3. The van der Waals surface area contributed by atoms with Crippen LogP contribution in [-0.4, -0.2) is 61.4 Å². The van der Waals surface area contributed by atoms with Gasteiger partial charge in [0.1, 0.15) is 0 Å². The van der Waals surface area contributed by atoms with E-state index in [0.717, 1.165) is 0 Å². The van der Waals surface area contributed by atoms with E-state index in [1.54, 1.807) is 14.2 Å². The lowest BCUT2D eigenvalue weighted by molar-refractivity contribution is -0.148. The Labute approximate surface area is 76.7 Å². The summed E-state index contributed by atoms with van der Waals surface area (Å²) < 4.78 is 9.31. The van der Waals surface area contributed by atoms with Crippen molar-refractivity contribution in [3.05, 3.63) is 0 Å². The highest BCUT2D eigenvalue weighted by Gasteiger charge is 2.08. The Kier molecular flexibility index (Phi) is 12.9. The van der Waals surface area contributed by atoms with E-state index in [0.29, 0.717) is 13.2 Å². The number of carboxylic acids is 1. The summed E-state index contributed by atoms with van der Waals surface area (Å²) in [6, 6.07) is 0. The largest absolute Gasteiger partial charge is 0.479 e. The Balaban J connectivity index is 0. The zero-order chi connectivity index (χ0) is 10.7. The molecule has 0 aromatic heterocycles. The Morgan fingerprint density at radius 1 is 1.31 bits per heavy atom. The first-order valence-electron chi connectivity index (χ1n) is 3.59. The molecule has 0 amide bonds. The quantitative estimate of drug-likeness (QED) is 0.473. The summed E-state index contributed by atoms with van der Waals surface area (Å²) in [6.07, 6.45) is -1.63. The lowest BCUT2D eigenvalue weighted by atomic mass is 10.4. The Hall–Kier alpha value is -0.690. The number of aliphatic hydroxyl groups excluding tert-OH is 2. The molecule has 1 atom stereocenters. The number of carboxylic acid groups (broad SMARTS) is 1. The molecule has 0 saturated heterocycles. The number of hydrogen-bond acceptors (Lipinski definition) is 5. The van der Waals surface area contributed by atoms with Crippen molar-refractivity contribution in [1.82, 2.24) is 0 Å². The van der Waals surface area contributed by atoms with Crippen molar-refractivity contribution in [2.75, 3.05) is 34.0 Å². The Morgan fingerprint density at radius 3 is 1.77 bits per heavy atom. The van der Waals surface area contributed by atoms with Crippen LogP contribution in [0.3, 0.4) is 0 Å². The lowest BCUT2D eigenvalue weighted by Crippen LogP contribution is -2.22. The molecule has 0 rings (SSSR count). The first-order valence-corrected chi connectivity index (χ1v) is 3.59. The number of aliphatic carboxylic acids is 1. The van der Waals surface area contributed by atoms with Crippen molar-refractivity contribution in [1.29, 1.82) is 0 Å².